The maximum Gasteiger partial charge on any atom is 0.246 e. The van der Waals surface area contributed by atoms with E-state index in [1.165, 1.54) is 18.0 Å². The van der Waals surface area contributed by atoms with E-state index in [4.69, 9.17) is 5.73 Å². The van der Waals surface area contributed by atoms with Crippen molar-refractivity contribution >= 4 is 22.7 Å². The SMILES string of the molecule is CC[C@H](CCN)[C@]1(c2cc(F)cc(F)c2C)SC(c2cc(F)ccc2F)=NN1C(=O)C(C)C. The molecule has 0 fully saturated rings. The second-order valence-corrected chi connectivity index (χ2v) is 9.59. The number of carbonyl (C=O) groups is 1. The Bertz CT molecular complexity index is 1090. The average Bonchev–Trinajstić information content (AvgIpc) is 3.16. The fraction of sp³-hybridized carbons (Fsp3) is 0.417. The quantitative estimate of drug-likeness (QED) is 0.518. The van der Waals surface area contributed by atoms with Gasteiger partial charge in [0.2, 0.25) is 5.91 Å². The number of hydrazone groups is 1. The summed E-state index contributed by atoms with van der Waals surface area (Å²) in [6.45, 7) is 6.99. The van der Waals surface area contributed by atoms with Gasteiger partial charge < -0.3 is 5.73 Å². The van der Waals surface area contributed by atoms with Crippen LogP contribution in [0.5, 0.6) is 0 Å². The Hall–Kier alpha value is -2.39. The number of halogens is 4. The number of benzene rings is 2. The summed E-state index contributed by atoms with van der Waals surface area (Å²) in [5.41, 5.74) is 6.11. The van der Waals surface area contributed by atoms with E-state index in [1.54, 1.807) is 13.8 Å². The van der Waals surface area contributed by atoms with Crippen LogP contribution in [0.4, 0.5) is 17.6 Å². The Labute approximate surface area is 195 Å². The molecule has 0 spiro atoms. The molecule has 2 N–H and O–H groups in total. The van der Waals surface area contributed by atoms with Crippen LogP contribution in [0.15, 0.2) is 35.4 Å². The molecule has 2 atom stereocenters. The topological polar surface area (TPSA) is 58.7 Å². The van der Waals surface area contributed by atoms with Gasteiger partial charge in [0.05, 0.1) is 0 Å². The predicted octanol–water partition coefficient (Wildman–Crippen LogP) is 5.67. The highest BCUT2D eigenvalue weighted by molar-refractivity contribution is 8.15. The number of hydrogen-bond donors (Lipinski definition) is 1. The zero-order valence-electron chi connectivity index (χ0n) is 19.0. The lowest BCUT2D eigenvalue weighted by Gasteiger charge is -2.43. The molecule has 0 bridgehead atoms. The lowest BCUT2D eigenvalue weighted by Crippen LogP contribution is -2.49. The molecule has 1 aliphatic rings. The van der Waals surface area contributed by atoms with Crippen LogP contribution < -0.4 is 5.73 Å². The van der Waals surface area contributed by atoms with Crippen LogP contribution >= 0.6 is 11.8 Å². The van der Waals surface area contributed by atoms with Crippen LogP contribution in [0.25, 0.3) is 0 Å². The van der Waals surface area contributed by atoms with E-state index in [9.17, 15) is 22.4 Å². The van der Waals surface area contributed by atoms with Gasteiger partial charge >= 0.3 is 0 Å². The van der Waals surface area contributed by atoms with Gasteiger partial charge in [-0.2, -0.15) is 5.10 Å². The zero-order chi connectivity index (χ0) is 24.5. The van der Waals surface area contributed by atoms with Crippen molar-refractivity contribution in [1.29, 1.82) is 0 Å². The van der Waals surface area contributed by atoms with E-state index in [0.717, 1.165) is 36.0 Å². The van der Waals surface area contributed by atoms with Gasteiger partial charge in [0.1, 0.15) is 33.2 Å². The Kier molecular flexibility index (Phi) is 7.53. The van der Waals surface area contributed by atoms with Crippen molar-refractivity contribution in [2.75, 3.05) is 6.54 Å². The molecular weight excluding hydrogens is 454 g/mol. The van der Waals surface area contributed by atoms with Gasteiger partial charge in [-0.15, -0.1) is 0 Å². The fourth-order valence-corrected chi connectivity index (χ4v) is 5.82. The molecule has 0 saturated carbocycles. The van der Waals surface area contributed by atoms with Crippen LogP contribution in [0.1, 0.15) is 50.3 Å². The van der Waals surface area contributed by atoms with Crippen molar-refractivity contribution in [3.8, 4) is 0 Å². The Balaban J connectivity index is 2.35. The first-order valence-electron chi connectivity index (χ1n) is 10.8. The van der Waals surface area contributed by atoms with E-state index in [-0.39, 0.29) is 34.2 Å². The average molecular weight is 482 g/mol. The molecule has 0 aliphatic carbocycles. The van der Waals surface area contributed by atoms with Gasteiger partial charge in [0.15, 0.2) is 0 Å². The minimum absolute atomic E-state index is 0.0561. The first kappa shape index (κ1) is 25.2. The Morgan fingerprint density at radius 1 is 1.12 bits per heavy atom. The van der Waals surface area contributed by atoms with E-state index >= 15 is 0 Å². The smallest absolute Gasteiger partial charge is 0.246 e. The highest BCUT2D eigenvalue weighted by atomic mass is 32.2. The summed E-state index contributed by atoms with van der Waals surface area (Å²) < 4.78 is 57.9. The van der Waals surface area contributed by atoms with Crippen molar-refractivity contribution in [3.05, 3.63) is 70.3 Å². The molecule has 3 rings (SSSR count). The number of thioether (sulfide) groups is 1. The Morgan fingerprint density at radius 2 is 1.82 bits per heavy atom. The molecule has 0 radical (unpaired) electrons. The lowest BCUT2D eigenvalue weighted by atomic mass is 9.84. The first-order valence-corrected chi connectivity index (χ1v) is 11.6. The number of hydrogen-bond acceptors (Lipinski definition) is 4. The van der Waals surface area contributed by atoms with Gasteiger partial charge in [-0.05, 0) is 67.6 Å². The van der Waals surface area contributed by atoms with Crippen molar-refractivity contribution in [3.63, 3.8) is 0 Å². The molecule has 4 nitrogen and oxygen atoms in total. The van der Waals surface area contributed by atoms with Crippen molar-refractivity contribution < 1.29 is 22.4 Å². The third kappa shape index (κ3) is 4.53. The highest BCUT2D eigenvalue weighted by Gasteiger charge is 2.54. The second-order valence-electron chi connectivity index (χ2n) is 8.38. The van der Waals surface area contributed by atoms with Crippen LogP contribution in [0.3, 0.4) is 0 Å². The highest BCUT2D eigenvalue weighted by Crippen LogP contribution is 2.55. The van der Waals surface area contributed by atoms with Gasteiger partial charge in [-0.1, -0.05) is 32.5 Å². The van der Waals surface area contributed by atoms with E-state index < -0.39 is 40.0 Å². The van der Waals surface area contributed by atoms with Crippen LogP contribution in [-0.2, 0) is 9.67 Å². The molecule has 0 saturated heterocycles. The summed E-state index contributed by atoms with van der Waals surface area (Å²) in [7, 11) is 0. The van der Waals surface area contributed by atoms with Crippen LogP contribution in [-0.4, -0.2) is 22.5 Å². The summed E-state index contributed by atoms with van der Waals surface area (Å²) in [4.78, 5) is 12.0. The molecule has 9 heteroatoms. The van der Waals surface area contributed by atoms with Gasteiger partial charge in [0, 0.05) is 17.5 Å². The molecule has 178 valence electrons. The standard InChI is InChI=1S/C24H27F4N3OS/c1-5-15(8-9-29)24(19-11-17(26)12-21(28)14(19)4)31(23(32)13(2)3)30-22(33-24)18-10-16(25)6-7-20(18)27/h6-7,10-13,15H,5,8-9,29H2,1-4H3/t15-,24-/m1/s1. The molecule has 33 heavy (non-hydrogen) atoms. The normalized spacial score (nSPS) is 19.2. The van der Waals surface area contributed by atoms with Gasteiger partial charge in [-0.3, -0.25) is 4.79 Å². The maximum atomic E-state index is 14.7. The molecule has 0 unspecified atom stereocenters. The van der Waals surface area contributed by atoms with Crippen molar-refractivity contribution in [2.45, 2.75) is 45.4 Å². The largest absolute Gasteiger partial charge is 0.330 e. The number of rotatable bonds is 7. The number of nitrogens with two attached hydrogens (primary N) is 1. The Morgan fingerprint density at radius 3 is 2.42 bits per heavy atom. The first-order chi connectivity index (χ1) is 15.6. The molecular formula is C24H27F4N3OS. The van der Waals surface area contributed by atoms with Crippen molar-refractivity contribution in [1.82, 2.24) is 5.01 Å². The van der Waals surface area contributed by atoms with Crippen LogP contribution in [0.2, 0.25) is 0 Å². The molecule has 0 aromatic heterocycles. The fourth-order valence-electron chi connectivity index (χ4n) is 4.14. The summed E-state index contributed by atoms with van der Waals surface area (Å²) in [5, 5.41) is 5.69. The summed E-state index contributed by atoms with van der Waals surface area (Å²) in [6, 6.07) is 4.92. The number of nitrogens with zero attached hydrogens (tertiary/aromatic N) is 2. The minimum Gasteiger partial charge on any atom is -0.330 e. The number of amides is 1. The third-order valence-electron chi connectivity index (χ3n) is 5.88. The number of carbonyl (C=O) groups excluding carboxylic acids is 1. The predicted molar refractivity (Wildman–Crippen MR) is 122 cm³/mol. The molecule has 1 heterocycles. The van der Waals surface area contributed by atoms with Crippen molar-refractivity contribution in [2.24, 2.45) is 22.7 Å². The summed E-state index contributed by atoms with van der Waals surface area (Å²) >= 11 is 1.00. The van der Waals surface area contributed by atoms with Gasteiger partial charge in [-0.25, -0.2) is 22.6 Å². The summed E-state index contributed by atoms with van der Waals surface area (Å²) in [5.74, 6) is -4.27. The molecule has 1 amide bonds. The zero-order valence-corrected chi connectivity index (χ0v) is 19.8. The molecule has 2 aromatic carbocycles. The van der Waals surface area contributed by atoms with Crippen LogP contribution in [0, 0.1) is 42.0 Å². The minimum atomic E-state index is -1.39. The van der Waals surface area contributed by atoms with E-state index in [1.807, 2.05) is 6.92 Å². The molecule has 2 aromatic rings. The monoisotopic (exact) mass is 481 g/mol. The maximum absolute atomic E-state index is 14.7. The third-order valence-corrected chi connectivity index (χ3v) is 7.41. The lowest BCUT2D eigenvalue weighted by molar-refractivity contribution is -0.139. The van der Waals surface area contributed by atoms with Gasteiger partial charge in [0.25, 0.3) is 0 Å². The van der Waals surface area contributed by atoms with E-state index in [2.05, 4.69) is 5.10 Å². The molecule has 1 aliphatic heterocycles. The summed E-state index contributed by atoms with van der Waals surface area (Å²) in [6.07, 6.45) is 0.912. The van der Waals surface area contributed by atoms with E-state index in [0.29, 0.717) is 12.8 Å². The second kappa shape index (κ2) is 9.85.